The van der Waals surface area contributed by atoms with Crippen molar-refractivity contribution in [2.45, 2.75) is 19.9 Å². The topological polar surface area (TPSA) is 82.3 Å². The smallest absolute Gasteiger partial charge is 0.338 e. The molecule has 0 radical (unpaired) electrons. The molecule has 1 atom stereocenters. The van der Waals surface area contributed by atoms with Gasteiger partial charge >= 0.3 is 6.03 Å². The van der Waals surface area contributed by atoms with E-state index in [-0.39, 0.29) is 20.0 Å². The van der Waals surface area contributed by atoms with Crippen LogP contribution in [0.4, 0.5) is 4.79 Å². The summed E-state index contributed by atoms with van der Waals surface area (Å²) < 4.78 is 5.96. The molecule has 1 saturated heterocycles. The second kappa shape index (κ2) is 15.2. The van der Waals surface area contributed by atoms with Crippen molar-refractivity contribution in [1.29, 1.82) is 0 Å². The molecule has 0 bridgehead atoms. The number of ether oxygens (including phenoxy) is 1. The Balaban J connectivity index is 0.00000420. The predicted molar refractivity (Wildman–Crippen MR) is 156 cm³/mol. The first kappa shape index (κ1) is 30.0. The lowest BCUT2D eigenvalue weighted by molar-refractivity contribution is -0.0372. The number of hydroxylamine groups is 2. The summed E-state index contributed by atoms with van der Waals surface area (Å²) in [5.74, 6) is 6.71. The second-order valence-electron chi connectivity index (χ2n) is 9.13. The van der Waals surface area contributed by atoms with Gasteiger partial charge in [0.2, 0.25) is 0 Å². The van der Waals surface area contributed by atoms with Crippen molar-refractivity contribution in [2.24, 2.45) is 5.73 Å². The van der Waals surface area contributed by atoms with E-state index in [1.54, 1.807) is 0 Å². The molecule has 0 spiro atoms. The Morgan fingerprint density at radius 3 is 2.26 bits per heavy atom. The normalized spacial score (nSPS) is 14.4. The lowest BCUT2D eigenvalue weighted by atomic mass is 9.96. The van der Waals surface area contributed by atoms with Gasteiger partial charge in [0.25, 0.3) is 0 Å². The molecule has 1 aliphatic rings. The number of benzene rings is 3. The molecule has 206 valence electrons. The van der Waals surface area contributed by atoms with E-state index in [0.29, 0.717) is 18.1 Å². The van der Waals surface area contributed by atoms with E-state index in [0.717, 1.165) is 49.1 Å². The molecule has 0 saturated carbocycles. The van der Waals surface area contributed by atoms with Gasteiger partial charge in [-0.1, -0.05) is 73.3 Å². The standard InChI is InChI=1S/C30H33ClN4O3.CH4/c31-27-13-11-26(12-14-27)29(25-7-2-1-3-8-25)34-20-18-33(19-21-34)22-23-38-28-15-9-24(10-16-28)6-4-5-17-35(37)30(32)36;/h1-3,7-16,29,37H,5,17-23H2,(H2,32,36);1H4/t29-;/m1./s1. The highest BCUT2D eigenvalue weighted by molar-refractivity contribution is 6.30. The maximum atomic E-state index is 10.8. The molecule has 7 nitrogen and oxygen atoms in total. The van der Waals surface area contributed by atoms with Gasteiger partial charge in [-0.15, -0.1) is 0 Å². The monoisotopic (exact) mass is 548 g/mol. The van der Waals surface area contributed by atoms with Crippen LogP contribution in [0.15, 0.2) is 78.9 Å². The quantitative estimate of drug-likeness (QED) is 0.216. The number of hydrogen-bond acceptors (Lipinski definition) is 5. The lowest BCUT2D eigenvalue weighted by Gasteiger charge is -2.39. The molecule has 3 aromatic rings. The summed E-state index contributed by atoms with van der Waals surface area (Å²) in [5.41, 5.74) is 8.35. The minimum atomic E-state index is -0.885. The lowest BCUT2D eigenvalue weighted by Crippen LogP contribution is -2.48. The van der Waals surface area contributed by atoms with Gasteiger partial charge in [0.1, 0.15) is 12.4 Å². The third-order valence-corrected chi connectivity index (χ3v) is 6.79. The summed E-state index contributed by atoms with van der Waals surface area (Å²) in [6, 6.07) is 25.8. The molecule has 0 aromatic heterocycles. The van der Waals surface area contributed by atoms with Gasteiger partial charge in [-0.25, -0.2) is 9.86 Å². The Morgan fingerprint density at radius 1 is 0.974 bits per heavy atom. The van der Waals surface area contributed by atoms with E-state index >= 15 is 0 Å². The van der Waals surface area contributed by atoms with Gasteiger partial charge in [0, 0.05) is 49.7 Å². The first-order valence-corrected chi connectivity index (χ1v) is 13.1. The summed E-state index contributed by atoms with van der Waals surface area (Å²) in [4.78, 5) is 15.8. The third-order valence-electron chi connectivity index (χ3n) is 6.54. The number of nitrogens with two attached hydrogens (primary N) is 1. The van der Waals surface area contributed by atoms with Crippen molar-refractivity contribution in [3.63, 3.8) is 0 Å². The molecular formula is C31H37ClN4O3. The maximum absolute atomic E-state index is 10.8. The summed E-state index contributed by atoms with van der Waals surface area (Å²) in [6.07, 6.45) is 0.330. The largest absolute Gasteiger partial charge is 0.492 e. The molecule has 3 aromatic carbocycles. The maximum Gasteiger partial charge on any atom is 0.338 e. The molecule has 1 aliphatic heterocycles. The van der Waals surface area contributed by atoms with Crippen LogP contribution in [0.25, 0.3) is 0 Å². The van der Waals surface area contributed by atoms with E-state index in [1.165, 1.54) is 11.1 Å². The molecular weight excluding hydrogens is 512 g/mol. The van der Waals surface area contributed by atoms with E-state index in [2.05, 4.69) is 64.1 Å². The zero-order valence-corrected chi connectivity index (χ0v) is 22.1. The van der Waals surface area contributed by atoms with Crippen LogP contribution >= 0.6 is 11.6 Å². The fraction of sp³-hybridized carbons (Fsp3) is 0.323. The Hall–Kier alpha value is -3.54. The Bertz CT molecular complexity index is 1220. The van der Waals surface area contributed by atoms with Crippen LogP contribution in [0.2, 0.25) is 5.02 Å². The fourth-order valence-corrected chi connectivity index (χ4v) is 4.63. The van der Waals surface area contributed by atoms with Crippen molar-refractivity contribution in [1.82, 2.24) is 14.9 Å². The van der Waals surface area contributed by atoms with Crippen LogP contribution in [-0.2, 0) is 0 Å². The van der Waals surface area contributed by atoms with Crippen molar-refractivity contribution in [3.8, 4) is 17.6 Å². The average molecular weight is 549 g/mol. The van der Waals surface area contributed by atoms with Gasteiger partial charge < -0.3 is 10.5 Å². The summed E-state index contributed by atoms with van der Waals surface area (Å²) in [6.45, 7) is 5.47. The number of carbonyl (C=O) groups excluding carboxylic acids is 1. The second-order valence-corrected chi connectivity index (χ2v) is 9.56. The number of urea groups is 1. The summed E-state index contributed by atoms with van der Waals surface area (Å²) >= 11 is 6.15. The van der Waals surface area contributed by atoms with Crippen molar-refractivity contribution < 1.29 is 14.7 Å². The van der Waals surface area contributed by atoms with Crippen molar-refractivity contribution >= 4 is 17.6 Å². The van der Waals surface area contributed by atoms with Gasteiger partial charge in [-0.2, -0.15) is 0 Å². The molecule has 4 rings (SSSR count). The van der Waals surface area contributed by atoms with Crippen LogP contribution in [0, 0.1) is 11.8 Å². The number of rotatable bonds is 9. The van der Waals surface area contributed by atoms with Gasteiger partial charge in [-0.05, 0) is 47.5 Å². The number of amides is 2. The zero-order valence-electron chi connectivity index (χ0n) is 21.3. The molecule has 39 heavy (non-hydrogen) atoms. The number of halogens is 1. The van der Waals surface area contributed by atoms with E-state index in [9.17, 15) is 10.0 Å². The Kier molecular flexibility index (Phi) is 11.7. The van der Waals surface area contributed by atoms with Crippen LogP contribution in [-0.4, -0.2) is 72.0 Å². The number of hydrogen-bond donors (Lipinski definition) is 2. The van der Waals surface area contributed by atoms with E-state index in [1.807, 2.05) is 36.4 Å². The highest BCUT2D eigenvalue weighted by atomic mass is 35.5. The number of nitrogens with zero attached hydrogens (tertiary/aromatic N) is 3. The van der Waals surface area contributed by atoms with Gasteiger partial charge in [-0.3, -0.25) is 15.0 Å². The highest BCUT2D eigenvalue weighted by Gasteiger charge is 2.26. The molecule has 8 heteroatoms. The van der Waals surface area contributed by atoms with Crippen LogP contribution in [0.3, 0.4) is 0 Å². The molecule has 2 amide bonds. The molecule has 0 unspecified atom stereocenters. The van der Waals surface area contributed by atoms with Crippen molar-refractivity contribution in [2.75, 3.05) is 45.9 Å². The van der Waals surface area contributed by atoms with Crippen molar-refractivity contribution in [3.05, 3.63) is 101 Å². The van der Waals surface area contributed by atoms with E-state index < -0.39 is 6.03 Å². The minimum absolute atomic E-state index is 0. The van der Waals surface area contributed by atoms with E-state index in [4.69, 9.17) is 22.1 Å². The Morgan fingerprint density at radius 2 is 1.62 bits per heavy atom. The molecule has 0 aliphatic carbocycles. The number of carbonyl (C=O) groups is 1. The first-order valence-electron chi connectivity index (χ1n) is 12.7. The SMILES string of the molecule is C.NC(=O)N(O)CCC#Cc1ccc(OCCN2CCN([C@H](c3ccccc3)c3ccc(Cl)cc3)CC2)cc1. The zero-order chi connectivity index (χ0) is 26.7. The van der Waals surface area contributed by atoms with Crippen LogP contribution in [0.5, 0.6) is 5.75 Å². The average Bonchev–Trinajstić information content (AvgIpc) is 2.94. The minimum Gasteiger partial charge on any atom is -0.492 e. The van der Waals surface area contributed by atoms with Gasteiger partial charge in [0.15, 0.2) is 0 Å². The Labute approximate surface area is 236 Å². The first-order chi connectivity index (χ1) is 18.5. The van der Waals surface area contributed by atoms with Crippen LogP contribution < -0.4 is 10.5 Å². The van der Waals surface area contributed by atoms with Crippen LogP contribution in [0.1, 0.15) is 36.6 Å². The predicted octanol–water partition coefficient (Wildman–Crippen LogP) is 5.27. The summed E-state index contributed by atoms with van der Waals surface area (Å²) in [5, 5.41) is 10.4. The third kappa shape index (κ3) is 9.02. The number of piperazine rings is 1. The highest BCUT2D eigenvalue weighted by Crippen LogP contribution is 2.30. The molecule has 1 fully saturated rings. The number of primary amides is 1. The summed E-state index contributed by atoms with van der Waals surface area (Å²) in [7, 11) is 0. The van der Waals surface area contributed by atoms with Gasteiger partial charge in [0.05, 0.1) is 12.6 Å². The molecule has 3 N–H and O–H groups in total. The molecule has 1 heterocycles. The fourth-order valence-electron chi connectivity index (χ4n) is 4.50.